The minimum atomic E-state index is -0.102. The second-order valence-corrected chi connectivity index (χ2v) is 3.54. The van der Waals surface area contributed by atoms with Gasteiger partial charge in [0.2, 0.25) is 0 Å². The molecule has 1 aliphatic rings. The fraction of sp³-hybridized carbons (Fsp3) is 1.00. The van der Waals surface area contributed by atoms with E-state index in [1.165, 1.54) is 0 Å². The normalized spacial score (nSPS) is 21.2. The minimum Gasteiger partial charge on any atom is -0.355 e. The molecule has 0 aliphatic carbocycles. The molecule has 1 aliphatic heterocycles. The lowest BCUT2D eigenvalue weighted by Gasteiger charge is -2.31. The highest BCUT2D eigenvalue weighted by molar-refractivity contribution is 4.74. The smallest absolute Gasteiger partial charge is 0.169 e. The van der Waals surface area contributed by atoms with Crippen LogP contribution in [0, 0.1) is 0 Å². The van der Waals surface area contributed by atoms with E-state index in [4.69, 9.17) is 15.2 Å². The standard InChI is InChI=1S/C9H20N2O2/c1-12-9(13-2)7-11-5-3-8(10)4-6-11/h8-9H,3-7,10H2,1-2H3. The van der Waals surface area contributed by atoms with Crippen LogP contribution in [-0.4, -0.2) is 51.1 Å². The maximum absolute atomic E-state index is 5.80. The molecule has 0 amide bonds. The summed E-state index contributed by atoms with van der Waals surface area (Å²) in [7, 11) is 3.34. The number of methoxy groups -OCH3 is 2. The Balaban J connectivity index is 2.21. The van der Waals surface area contributed by atoms with Crippen molar-refractivity contribution in [3.8, 4) is 0 Å². The molecule has 1 fully saturated rings. The quantitative estimate of drug-likeness (QED) is 0.632. The van der Waals surface area contributed by atoms with E-state index < -0.39 is 0 Å². The average molecular weight is 188 g/mol. The van der Waals surface area contributed by atoms with Crippen molar-refractivity contribution in [1.82, 2.24) is 4.90 Å². The maximum Gasteiger partial charge on any atom is 0.169 e. The third kappa shape index (κ3) is 3.60. The molecule has 4 nitrogen and oxygen atoms in total. The van der Waals surface area contributed by atoms with Crippen LogP contribution in [0.5, 0.6) is 0 Å². The van der Waals surface area contributed by atoms with Crippen LogP contribution >= 0.6 is 0 Å². The molecule has 0 spiro atoms. The van der Waals surface area contributed by atoms with Crippen molar-refractivity contribution in [2.24, 2.45) is 5.73 Å². The van der Waals surface area contributed by atoms with Crippen molar-refractivity contribution in [2.45, 2.75) is 25.2 Å². The van der Waals surface area contributed by atoms with Gasteiger partial charge in [0.1, 0.15) is 0 Å². The van der Waals surface area contributed by atoms with Crippen molar-refractivity contribution in [3.63, 3.8) is 0 Å². The first kappa shape index (κ1) is 10.9. The Kier molecular flexibility index (Phi) is 4.66. The van der Waals surface area contributed by atoms with Gasteiger partial charge in [-0.25, -0.2) is 0 Å². The first-order valence-electron chi connectivity index (χ1n) is 4.79. The van der Waals surface area contributed by atoms with Gasteiger partial charge in [-0.1, -0.05) is 0 Å². The van der Waals surface area contributed by atoms with Gasteiger partial charge in [0.25, 0.3) is 0 Å². The number of likely N-dealkylation sites (tertiary alicyclic amines) is 1. The second kappa shape index (κ2) is 5.54. The molecule has 1 rings (SSSR count). The van der Waals surface area contributed by atoms with Gasteiger partial charge in [-0.15, -0.1) is 0 Å². The summed E-state index contributed by atoms with van der Waals surface area (Å²) in [5.41, 5.74) is 5.80. The predicted octanol–water partition coefficient (Wildman–Crippen LogP) is 0.0284. The van der Waals surface area contributed by atoms with E-state index in [0.29, 0.717) is 6.04 Å². The molecule has 78 valence electrons. The number of hydrogen-bond acceptors (Lipinski definition) is 4. The molecule has 0 aromatic heterocycles. The highest BCUT2D eigenvalue weighted by Gasteiger charge is 2.18. The van der Waals surface area contributed by atoms with E-state index in [2.05, 4.69) is 4.90 Å². The van der Waals surface area contributed by atoms with Crippen LogP contribution in [0.4, 0.5) is 0 Å². The van der Waals surface area contributed by atoms with Gasteiger partial charge in [0, 0.05) is 26.8 Å². The summed E-state index contributed by atoms with van der Waals surface area (Å²) in [4.78, 5) is 2.33. The van der Waals surface area contributed by atoms with Crippen LogP contribution in [0.1, 0.15) is 12.8 Å². The second-order valence-electron chi connectivity index (χ2n) is 3.54. The molecular weight excluding hydrogens is 168 g/mol. The lowest BCUT2D eigenvalue weighted by atomic mass is 10.1. The van der Waals surface area contributed by atoms with Crippen LogP contribution in [0.15, 0.2) is 0 Å². The summed E-state index contributed by atoms with van der Waals surface area (Å²) >= 11 is 0. The van der Waals surface area contributed by atoms with Crippen molar-refractivity contribution >= 4 is 0 Å². The molecule has 0 radical (unpaired) electrons. The van der Waals surface area contributed by atoms with Crippen molar-refractivity contribution in [2.75, 3.05) is 33.9 Å². The number of ether oxygens (including phenoxy) is 2. The Hall–Kier alpha value is -0.160. The Morgan fingerprint density at radius 3 is 2.31 bits per heavy atom. The van der Waals surface area contributed by atoms with Gasteiger partial charge < -0.3 is 15.2 Å². The lowest BCUT2D eigenvalue weighted by Crippen LogP contribution is -2.43. The molecule has 1 saturated heterocycles. The average Bonchev–Trinajstić information content (AvgIpc) is 2.17. The van der Waals surface area contributed by atoms with E-state index in [9.17, 15) is 0 Å². The van der Waals surface area contributed by atoms with Crippen molar-refractivity contribution < 1.29 is 9.47 Å². The maximum atomic E-state index is 5.80. The van der Waals surface area contributed by atoms with Crippen molar-refractivity contribution in [3.05, 3.63) is 0 Å². The van der Waals surface area contributed by atoms with Gasteiger partial charge in [-0.05, 0) is 25.9 Å². The number of rotatable bonds is 4. The zero-order valence-corrected chi connectivity index (χ0v) is 8.53. The topological polar surface area (TPSA) is 47.7 Å². The molecule has 13 heavy (non-hydrogen) atoms. The summed E-state index contributed by atoms with van der Waals surface area (Å²) in [6.45, 7) is 2.97. The van der Waals surface area contributed by atoms with Crippen molar-refractivity contribution in [1.29, 1.82) is 0 Å². The number of hydrogen-bond donors (Lipinski definition) is 1. The van der Waals surface area contributed by atoms with Crippen LogP contribution in [0.3, 0.4) is 0 Å². The van der Waals surface area contributed by atoms with E-state index in [-0.39, 0.29) is 6.29 Å². The number of nitrogens with zero attached hydrogens (tertiary/aromatic N) is 1. The molecule has 0 aromatic carbocycles. The van der Waals surface area contributed by atoms with E-state index in [0.717, 1.165) is 32.5 Å². The minimum absolute atomic E-state index is 0.102. The molecule has 0 saturated carbocycles. The Morgan fingerprint density at radius 1 is 1.31 bits per heavy atom. The third-order valence-electron chi connectivity index (χ3n) is 2.57. The van der Waals surface area contributed by atoms with E-state index in [1.54, 1.807) is 14.2 Å². The first-order valence-corrected chi connectivity index (χ1v) is 4.79. The fourth-order valence-electron chi connectivity index (χ4n) is 1.59. The molecule has 0 atom stereocenters. The van der Waals surface area contributed by atoms with Crippen LogP contribution in [0.25, 0.3) is 0 Å². The predicted molar refractivity (Wildman–Crippen MR) is 51.5 cm³/mol. The molecule has 0 bridgehead atoms. The highest BCUT2D eigenvalue weighted by atomic mass is 16.7. The zero-order valence-electron chi connectivity index (χ0n) is 8.53. The zero-order chi connectivity index (χ0) is 9.68. The summed E-state index contributed by atoms with van der Waals surface area (Å²) < 4.78 is 10.3. The first-order chi connectivity index (χ1) is 6.26. The van der Waals surface area contributed by atoms with Crippen LogP contribution < -0.4 is 5.73 Å². The van der Waals surface area contributed by atoms with Gasteiger partial charge in [0.05, 0.1) is 0 Å². The molecule has 1 heterocycles. The van der Waals surface area contributed by atoms with Gasteiger partial charge in [0.15, 0.2) is 6.29 Å². The fourth-order valence-corrected chi connectivity index (χ4v) is 1.59. The molecule has 4 heteroatoms. The van der Waals surface area contributed by atoms with Crippen LogP contribution in [0.2, 0.25) is 0 Å². The SMILES string of the molecule is COC(CN1CCC(N)CC1)OC. The number of piperidine rings is 1. The number of nitrogens with two attached hydrogens (primary N) is 1. The summed E-state index contributed by atoms with van der Waals surface area (Å²) in [5.74, 6) is 0. The van der Waals surface area contributed by atoms with Gasteiger partial charge in [-0.2, -0.15) is 0 Å². The Labute approximate surface area is 80.0 Å². The van der Waals surface area contributed by atoms with Gasteiger partial charge >= 0.3 is 0 Å². The Bertz CT molecular complexity index is 132. The molecule has 0 aromatic rings. The van der Waals surface area contributed by atoms with Crippen LogP contribution in [-0.2, 0) is 9.47 Å². The van der Waals surface area contributed by atoms with E-state index >= 15 is 0 Å². The van der Waals surface area contributed by atoms with Gasteiger partial charge in [-0.3, -0.25) is 4.90 Å². The monoisotopic (exact) mass is 188 g/mol. The molecular formula is C9H20N2O2. The highest BCUT2D eigenvalue weighted by Crippen LogP contribution is 2.09. The third-order valence-corrected chi connectivity index (χ3v) is 2.57. The lowest BCUT2D eigenvalue weighted by molar-refractivity contribution is -0.118. The largest absolute Gasteiger partial charge is 0.355 e. The molecule has 2 N–H and O–H groups in total. The molecule has 0 unspecified atom stereocenters. The summed E-state index contributed by atoms with van der Waals surface area (Å²) in [5, 5.41) is 0. The van der Waals surface area contributed by atoms with E-state index in [1.807, 2.05) is 0 Å². The Morgan fingerprint density at radius 2 is 1.85 bits per heavy atom. The summed E-state index contributed by atoms with van der Waals surface area (Å²) in [6.07, 6.45) is 2.06. The summed E-state index contributed by atoms with van der Waals surface area (Å²) in [6, 6.07) is 0.389.